The van der Waals surface area contributed by atoms with Gasteiger partial charge in [-0.1, -0.05) is 0 Å². The van der Waals surface area contributed by atoms with Gasteiger partial charge in [-0.05, 0) is 88.6 Å². The van der Waals surface area contributed by atoms with Crippen molar-refractivity contribution in [3.63, 3.8) is 0 Å². The second-order valence-electron chi connectivity index (χ2n) is 12.2. The Kier molecular flexibility index (Phi) is 13.7. The summed E-state index contributed by atoms with van der Waals surface area (Å²) in [7, 11) is 8.22. The van der Waals surface area contributed by atoms with Crippen molar-refractivity contribution in [2.75, 3.05) is 100 Å². The number of amides is 3. The van der Waals surface area contributed by atoms with Gasteiger partial charge in [-0.15, -0.1) is 0 Å². The van der Waals surface area contributed by atoms with Gasteiger partial charge in [-0.2, -0.15) is 15.0 Å². The van der Waals surface area contributed by atoms with E-state index in [-0.39, 0.29) is 52.1 Å². The number of ether oxygens (including phenoxy) is 1. The Labute approximate surface area is 309 Å². The summed E-state index contributed by atoms with van der Waals surface area (Å²) >= 11 is 0. The number of piperidine rings is 1. The fourth-order valence-corrected chi connectivity index (χ4v) is 5.94. The van der Waals surface area contributed by atoms with Gasteiger partial charge in [0.2, 0.25) is 11.9 Å². The maximum Gasteiger partial charge on any atom is 0.323 e. The number of benzene rings is 2. The fraction of sp³-hybridized carbons (Fsp3) is 0.441. The van der Waals surface area contributed by atoms with Gasteiger partial charge in [-0.25, -0.2) is 4.79 Å². The largest absolute Gasteiger partial charge is 0.456 e. The van der Waals surface area contributed by atoms with E-state index in [1.54, 1.807) is 24.3 Å². The molecule has 2 aromatic carbocycles. The van der Waals surface area contributed by atoms with Gasteiger partial charge in [0.25, 0.3) is 5.91 Å². The van der Waals surface area contributed by atoms with Crippen LogP contribution in [0.1, 0.15) is 23.2 Å². The molecule has 1 aromatic heterocycles. The molecule has 3 saturated heterocycles. The number of nitrogens with zero attached hydrogens (tertiary/aromatic N) is 8. The number of rotatable bonds is 7. The van der Waals surface area contributed by atoms with Crippen LogP contribution in [-0.4, -0.2) is 127 Å². The van der Waals surface area contributed by atoms with Gasteiger partial charge in [0.15, 0.2) is 5.82 Å². The molecule has 3 aromatic rings. The Hall–Kier alpha value is -3.23. The molecule has 3 amide bonds. The number of carbonyl (C=O) groups excluding carboxylic acids is 2. The monoisotopic (exact) mass is 731 g/mol. The molecule has 1 radical (unpaired) electrons. The van der Waals surface area contributed by atoms with Gasteiger partial charge in [0.1, 0.15) is 0 Å². The maximum absolute atomic E-state index is 13.0. The van der Waals surface area contributed by atoms with Crippen molar-refractivity contribution >= 4 is 35.2 Å². The van der Waals surface area contributed by atoms with Gasteiger partial charge < -0.3 is 47.3 Å². The van der Waals surface area contributed by atoms with E-state index in [1.807, 2.05) is 29.2 Å². The smallest absolute Gasteiger partial charge is 0.323 e. The first-order chi connectivity index (χ1) is 22.3. The number of carbonyl (C=O) groups is 2. The molecule has 6 rings (SSSR count). The zero-order chi connectivity index (χ0) is 32.0. The first-order valence-corrected chi connectivity index (χ1v) is 16.0. The number of likely N-dealkylation sites (tertiary alicyclic amines) is 1. The van der Waals surface area contributed by atoms with E-state index in [0.29, 0.717) is 53.9 Å². The zero-order valence-corrected chi connectivity index (χ0v) is 31.1. The van der Waals surface area contributed by atoms with Crippen LogP contribution in [0.25, 0.3) is 11.4 Å². The number of hydrogen-bond donors (Lipinski definition) is 2. The summed E-state index contributed by atoms with van der Waals surface area (Å²) in [6.45, 7) is 7.50. The summed E-state index contributed by atoms with van der Waals surface area (Å²) in [6.07, 6.45) is 1.95. The summed E-state index contributed by atoms with van der Waals surface area (Å²) in [5.41, 5.74) is 2.67. The van der Waals surface area contributed by atoms with Gasteiger partial charge in [0.05, 0.1) is 13.2 Å². The Morgan fingerprint density at radius 2 is 1.29 bits per heavy atom. The van der Waals surface area contributed by atoms with E-state index >= 15 is 0 Å². The third-order valence-electron chi connectivity index (χ3n) is 8.83. The number of morpholine rings is 1. The molecule has 255 valence electrons. The molecule has 2 N–H and O–H groups in total. The molecule has 0 spiro atoms. The third kappa shape index (κ3) is 9.47. The van der Waals surface area contributed by atoms with E-state index < -0.39 is 0 Å². The number of urea groups is 1. The second-order valence-corrected chi connectivity index (χ2v) is 12.2. The first-order valence-electron chi connectivity index (χ1n) is 16.0. The minimum absolute atomic E-state index is 0. The number of piperazine rings is 1. The molecule has 48 heavy (non-hydrogen) atoms. The standard InChI is InChI=1S/C33H43N10O3.CH3.Y/c1-39(2)28-12-14-41(15-13-28)30(44)25-6-10-27(11-7-25)35-33(45)34-26-8-4-24(5-9-26)29-36-31(42-18-16-40(3)17-19-42)38-32(37-29)43-20-22-46-23-21-43;;/h4-11,28H,3,12-23H2,1-2H3,(H2,34,35,45);1H3;/q2*-1;. The molecule has 14 heteroatoms. The quantitative estimate of drug-likeness (QED) is 0.349. The molecule has 0 saturated carbocycles. The fourth-order valence-electron chi connectivity index (χ4n) is 5.94. The summed E-state index contributed by atoms with van der Waals surface area (Å²) in [6, 6.07) is 14.6. The van der Waals surface area contributed by atoms with Crippen LogP contribution >= 0.6 is 0 Å². The Balaban J connectivity index is 0.00000260. The second kappa shape index (κ2) is 17.4. The molecule has 4 heterocycles. The van der Waals surface area contributed by atoms with Gasteiger partial charge in [0, 0.05) is 101 Å². The molecule has 0 atom stereocenters. The van der Waals surface area contributed by atoms with Crippen molar-refractivity contribution in [1.29, 1.82) is 0 Å². The molecule has 0 bridgehead atoms. The van der Waals surface area contributed by atoms with Crippen LogP contribution in [0.2, 0.25) is 0 Å². The molecule has 3 aliphatic rings. The van der Waals surface area contributed by atoms with Crippen molar-refractivity contribution in [2.24, 2.45) is 0 Å². The Morgan fingerprint density at radius 3 is 1.83 bits per heavy atom. The van der Waals surface area contributed by atoms with Crippen LogP contribution in [0.4, 0.5) is 28.1 Å². The predicted octanol–water partition coefficient (Wildman–Crippen LogP) is 3.55. The number of nitrogens with one attached hydrogen (secondary N) is 2. The summed E-state index contributed by atoms with van der Waals surface area (Å²) in [5, 5.41) is 5.73. The number of aromatic nitrogens is 3. The van der Waals surface area contributed by atoms with E-state index in [9.17, 15) is 9.59 Å². The SMILES string of the molecule is [CH2-]N1CCN(c2nc(-c3ccc(NC(=O)Nc4ccc(C(=O)N5CCC(N(C)C)CC5)cc4)cc3)nc(N3CCOCC3)n2)CC1.[CH3-].[Y]. The van der Waals surface area contributed by atoms with Gasteiger partial charge in [-0.3, -0.25) is 11.8 Å². The van der Waals surface area contributed by atoms with Crippen molar-refractivity contribution in [2.45, 2.75) is 18.9 Å². The molecule has 13 nitrogen and oxygen atoms in total. The minimum Gasteiger partial charge on any atom is -0.456 e. The van der Waals surface area contributed by atoms with Crippen LogP contribution in [-0.2, 0) is 37.4 Å². The van der Waals surface area contributed by atoms with Crippen molar-refractivity contribution in [1.82, 2.24) is 29.7 Å². The summed E-state index contributed by atoms with van der Waals surface area (Å²) < 4.78 is 5.53. The molecular weight excluding hydrogens is 685 g/mol. The first kappa shape index (κ1) is 37.6. The molecule has 0 aliphatic carbocycles. The van der Waals surface area contributed by atoms with Crippen molar-refractivity contribution < 1.29 is 47.0 Å². The van der Waals surface area contributed by atoms with Crippen molar-refractivity contribution in [3.8, 4) is 11.4 Å². The zero-order valence-electron chi connectivity index (χ0n) is 28.3. The van der Waals surface area contributed by atoms with E-state index in [0.717, 1.165) is 70.8 Å². The van der Waals surface area contributed by atoms with Crippen molar-refractivity contribution in [3.05, 3.63) is 68.6 Å². The predicted molar refractivity (Wildman–Crippen MR) is 186 cm³/mol. The van der Waals surface area contributed by atoms with Crippen LogP contribution < -0.4 is 20.4 Å². The third-order valence-corrected chi connectivity index (χ3v) is 8.83. The summed E-state index contributed by atoms with van der Waals surface area (Å²) in [5.74, 6) is 1.90. The van der Waals surface area contributed by atoms with E-state index in [2.05, 4.69) is 51.4 Å². The Morgan fingerprint density at radius 1 is 0.771 bits per heavy atom. The molecule has 3 aliphatic heterocycles. The topological polar surface area (TPSA) is 122 Å². The number of hydrogen-bond acceptors (Lipinski definition) is 10. The average molecular weight is 732 g/mol. The normalized spacial score (nSPS) is 17.4. The number of anilines is 4. The Bertz CT molecular complexity index is 1490. The van der Waals surface area contributed by atoms with E-state index in [4.69, 9.17) is 19.7 Å². The molecular formula is C34H46N10O3Y-2. The van der Waals surface area contributed by atoms with E-state index in [1.165, 1.54) is 0 Å². The van der Waals surface area contributed by atoms with Crippen LogP contribution in [0.5, 0.6) is 0 Å². The molecule has 0 unspecified atom stereocenters. The average Bonchev–Trinajstić information content (AvgIpc) is 3.09. The van der Waals surface area contributed by atoms with Gasteiger partial charge >= 0.3 is 6.03 Å². The maximum atomic E-state index is 13.0. The summed E-state index contributed by atoms with van der Waals surface area (Å²) in [4.78, 5) is 50.7. The van der Waals surface area contributed by atoms with Crippen LogP contribution in [0, 0.1) is 14.5 Å². The molecule has 3 fully saturated rings. The minimum atomic E-state index is -0.376. The van der Waals surface area contributed by atoms with Crippen LogP contribution in [0.15, 0.2) is 48.5 Å². The van der Waals surface area contributed by atoms with Crippen LogP contribution in [0.3, 0.4) is 0 Å².